The summed E-state index contributed by atoms with van der Waals surface area (Å²) in [5.41, 5.74) is 1.63. The van der Waals surface area contributed by atoms with Crippen molar-refractivity contribution < 1.29 is 18.3 Å². The van der Waals surface area contributed by atoms with Gasteiger partial charge in [-0.05, 0) is 42.8 Å². The molecule has 1 aromatic heterocycles. The molecule has 3 aromatic rings. The number of nitrogens with zero attached hydrogens (tertiary/aromatic N) is 1. The zero-order valence-corrected chi connectivity index (χ0v) is 16.0. The highest BCUT2D eigenvalue weighted by molar-refractivity contribution is 6.30. The van der Waals surface area contributed by atoms with Crippen LogP contribution in [0.4, 0.5) is 8.78 Å². The molecule has 0 saturated carbocycles. The molecule has 0 spiro atoms. The Morgan fingerprint density at radius 3 is 2.50 bits per heavy atom. The summed E-state index contributed by atoms with van der Waals surface area (Å²) in [6.07, 6.45) is 1.44. The van der Waals surface area contributed by atoms with E-state index in [1.807, 2.05) is 12.1 Å². The van der Waals surface area contributed by atoms with Crippen LogP contribution in [0, 0.1) is 18.6 Å². The van der Waals surface area contributed by atoms with Gasteiger partial charge < -0.3 is 10.1 Å². The molecule has 2 aromatic carbocycles. The Balaban J connectivity index is 1.91. The molecule has 0 aliphatic rings. The van der Waals surface area contributed by atoms with Gasteiger partial charge in [0.2, 0.25) is 0 Å². The molecule has 0 atom stereocenters. The van der Waals surface area contributed by atoms with Gasteiger partial charge in [0.1, 0.15) is 17.4 Å². The van der Waals surface area contributed by atoms with Gasteiger partial charge in [0.15, 0.2) is 0 Å². The Hall–Kier alpha value is -2.99. The van der Waals surface area contributed by atoms with Crippen LogP contribution in [-0.4, -0.2) is 18.0 Å². The number of aryl methyl sites for hydroxylation is 1. The van der Waals surface area contributed by atoms with E-state index in [4.69, 9.17) is 16.3 Å². The molecular formula is C21H17ClF2N2O2. The number of hydrogen-bond donors (Lipinski definition) is 1. The highest BCUT2D eigenvalue weighted by Crippen LogP contribution is 2.31. The van der Waals surface area contributed by atoms with Gasteiger partial charge in [-0.3, -0.25) is 9.78 Å². The summed E-state index contributed by atoms with van der Waals surface area (Å²) in [4.78, 5) is 16.9. The second-order valence-corrected chi connectivity index (χ2v) is 6.50. The van der Waals surface area contributed by atoms with Gasteiger partial charge in [0, 0.05) is 23.9 Å². The quantitative estimate of drug-likeness (QED) is 0.616. The fourth-order valence-corrected chi connectivity index (χ4v) is 2.97. The largest absolute Gasteiger partial charge is 0.497 e. The lowest BCUT2D eigenvalue weighted by Gasteiger charge is -2.14. The highest BCUT2D eigenvalue weighted by atomic mass is 35.5. The summed E-state index contributed by atoms with van der Waals surface area (Å²) >= 11 is 5.63. The second kappa shape index (κ2) is 8.35. The summed E-state index contributed by atoms with van der Waals surface area (Å²) in [5, 5.41) is 2.47. The second-order valence-electron chi connectivity index (χ2n) is 6.10. The molecule has 0 saturated heterocycles. The Morgan fingerprint density at radius 2 is 1.82 bits per heavy atom. The van der Waals surface area contributed by atoms with Crippen molar-refractivity contribution in [3.63, 3.8) is 0 Å². The molecule has 0 unspecified atom stereocenters. The molecule has 1 N–H and O–H groups in total. The van der Waals surface area contributed by atoms with Crippen LogP contribution in [0.3, 0.4) is 0 Å². The molecule has 0 radical (unpaired) electrons. The van der Waals surface area contributed by atoms with E-state index in [0.717, 1.165) is 17.7 Å². The lowest BCUT2D eigenvalue weighted by atomic mass is 9.98. The Bertz CT molecular complexity index is 1020. The number of aromatic nitrogens is 1. The van der Waals surface area contributed by atoms with Crippen LogP contribution < -0.4 is 10.1 Å². The van der Waals surface area contributed by atoms with Crippen molar-refractivity contribution in [1.82, 2.24) is 10.3 Å². The van der Waals surface area contributed by atoms with E-state index in [1.54, 1.807) is 26.2 Å². The van der Waals surface area contributed by atoms with Crippen LogP contribution in [0.25, 0.3) is 11.1 Å². The number of halogens is 3. The van der Waals surface area contributed by atoms with Crippen molar-refractivity contribution in [2.45, 2.75) is 13.5 Å². The number of nitrogens with one attached hydrogen (secondary N) is 1. The first-order valence-electron chi connectivity index (χ1n) is 8.42. The molecule has 0 bridgehead atoms. The Morgan fingerprint density at radius 1 is 1.11 bits per heavy atom. The Kier molecular flexibility index (Phi) is 5.90. The number of pyridine rings is 1. The fourth-order valence-electron chi connectivity index (χ4n) is 2.82. The molecular weight excluding hydrogens is 386 g/mol. The first kappa shape index (κ1) is 19.8. The minimum absolute atomic E-state index is 0.0537. The SMILES string of the molecule is COc1ccc(CNC(=O)c2c(-c3cc(F)c(Cl)cc3F)ccnc2C)cc1. The first-order valence-corrected chi connectivity index (χ1v) is 8.80. The third-order valence-electron chi connectivity index (χ3n) is 4.28. The van der Waals surface area contributed by atoms with Gasteiger partial charge in [-0.1, -0.05) is 23.7 Å². The number of benzene rings is 2. The summed E-state index contributed by atoms with van der Waals surface area (Å²) in [7, 11) is 1.57. The maximum absolute atomic E-state index is 14.4. The lowest BCUT2D eigenvalue weighted by Crippen LogP contribution is -2.24. The van der Waals surface area contributed by atoms with Crippen molar-refractivity contribution in [3.8, 4) is 16.9 Å². The van der Waals surface area contributed by atoms with Gasteiger partial charge >= 0.3 is 0 Å². The molecule has 4 nitrogen and oxygen atoms in total. The summed E-state index contributed by atoms with van der Waals surface area (Å²) in [5.74, 6) is -1.22. The highest BCUT2D eigenvalue weighted by Gasteiger charge is 2.20. The summed E-state index contributed by atoms with van der Waals surface area (Å²) in [6.45, 7) is 1.89. The van der Waals surface area contributed by atoms with Crippen molar-refractivity contribution in [2.24, 2.45) is 0 Å². The fraction of sp³-hybridized carbons (Fsp3) is 0.143. The zero-order chi connectivity index (χ0) is 20.3. The van der Waals surface area contributed by atoms with Crippen LogP contribution in [0.2, 0.25) is 5.02 Å². The number of hydrogen-bond acceptors (Lipinski definition) is 3. The standard InChI is InChI=1S/C21H17ClF2N2O2/c1-12-20(21(27)26-11-13-3-5-14(28-2)6-4-13)15(7-8-25-12)16-9-19(24)17(22)10-18(16)23/h3-10H,11H2,1-2H3,(H,26,27). The predicted molar refractivity (Wildman–Crippen MR) is 104 cm³/mol. The van der Waals surface area contributed by atoms with E-state index in [-0.39, 0.29) is 28.3 Å². The molecule has 0 aliphatic heterocycles. The normalized spacial score (nSPS) is 10.6. The average Bonchev–Trinajstić information content (AvgIpc) is 2.69. The van der Waals surface area contributed by atoms with Gasteiger partial charge in [-0.15, -0.1) is 0 Å². The molecule has 7 heteroatoms. The zero-order valence-electron chi connectivity index (χ0n) is 15.2. The minimum Gasteiger partial charge on any atom is -0.497 e. The molecule has 1 heterocycles. The third-order valence-corrected chi connectivity index (χ3v) is 4.57. The predicted octanol–water partition coefficient (Wildman–Crippen LogP) is 4.93. The van der Waals surface area contributed by atoms with Gasteiger partial charge in [-0.2, -0.15) is 0 Å². The first-order chi connectivity index (χ1) is 13.4. The van der Waals surface area contributed by atoms with Crippen molar-refractivity contribution in [2.75, 3.05) is 7.11 Å². The molecule has 1 amide bonds. The number of amides is 1. The summed E-state index contributed by atoms with van der Waals surface area (Å²) < 4.78 is 33.4. The van der Waals surface area contributed by atoms with E-state index in [9.17, 15) is 13.6 Å². The molecule has 144 valence electrons. The maximum Gasteiger partial charge on any atom is 0.254 e. The van der Waals surface area contributed by atoms with E-state index in [1.165, 1.54) is 12.3 Å². The molecule has 0 aliphatic carbocycles. The summed E-state index contributed by atoms with van der Waals surface area (Å²) in [6, 6.07) is 10.6. The maximum atomic E-state index is 14.4. The van der Waals surface area contributed by atoms with E-state index in [0.29, 0.717) is 11.4 Å². The molecule has 0 fully saturated rings. The molecule has 3 rings (SSSR count). The van der Waals surface area contributed by atoms with Crippen LogP contribution >= 0.6 is 11.6 Å². The van der Waals surface area contributed by atoms with Crippen molar-refractivity contribution >= 4 is 17.5 Å². The van der Waals surface area contributed by atoms with Crippen LogP contribution in [-0.2, 0) is 6.54 Å². The van der Waals surface area contributed by atoms with Gasteiger partial charge in [0.05, 0.1) is 23.4 Å². The number of carbonyl (C=O) groups is 1. The third kappa shape index (κ3) is 4.12. The van der Waals surface area contributed by atoms with Gasteiger partial charge in [0.25, 0.3) is 5.91 Å². The number of ether oxygens (including phenoxy) is 1. The van der Waals surface area contributed by atoms with Crippen LogP contribution in [0.5, 0.6) is 5.75 Å². The van der Waals surface area contributed by atoms with E-state index < -0.39 is 17.5 Å². The molecule has 28 heavy (non-hydrogen) atoms. The van der Waals surface area contributed by atoms with Crippen LogP contribution in [0.15, 0.2) is 48.7 Å². The number of rotatable bonds is 5. The smallest absolute Gasteiger partial charge is 0.254 e. The lowest BCUT2D eigenvalue weighted by molar-refractivity contribution is 0.0950. The van der Waals surface area contributed by atoms with Crippen molar-refractivity contribution in [1.29, 1.82) is 0 Å². The monoisotopic (exact) mass is 402 g/mol. The number of carbonyl (C=O) groups excluding carboxylic acids is 1. The topological polar surface area (TPSA) is 51.2 Å². The van der Waals surface area contributed by atoms with Crippen LogP contribution in [0.1, 0.15) is 21.6 Å². The Labute approximate surface area is 166 Å². The van der Waals surface area contributed by atoms with Crippen molar-refractivity contribution in [3.05, 3.63) is 82.1 Å². The average molecular weight is 403 g/mol. The minimum atomic E-state index is -0.767. The number of methoxy groups -OCH3 is 1. The van der Waals surface area contributed by atoms with Gasteiger partial charge in [-0.25, -0.2) is 8.78 Å². The van der Waals surface area contributed by atoms with E-state index in [2.05, 4.69) is 10.3 Å². The van der Waals surface area contributed by atoms with E-state index >= 15 is 0 Å².